The molecule has 4 heterocycles. The van der Waals surface area contributed by atoms with Crippen LogP contribution in [0.25, 0.3) is 39.4 Å². The molecule has 5 rings (SSSR count). The maximum absolute atomic E-state index is 13.6. The third kappa shape index (κ3) is 2.98. The minimum absolute atomic E-state index is 0.0486. The number of alkyl halides is 3. The van der Waals surface area contributed by atoms with Gasteiger partial charge in [0.25, 0.3) is 11.6 Å². The van der Waals surface area contributed by atoms with Crippen molar-refractivity contribution in [2.24, 2.45) is 5.73 Å². The van der Waals surface area contributed by atoms with Gasteiger partial charge in [-0.25, -0.2) is 24.3 Å². The largest absolute Gasteiger partial charge is 0.418 e. The summed E-state index contributed by atoms with van der Waals surface area (Å²) in [6.07, 6.45) is -1.77. The zero-order valence-electron chi connectivity index (χ0n) is 15.9. The number of H-pyrrole nitrogens is 3. The summed E-state index contributed by atoms with van der Waals surface area (Å²) in [5.74, 6) is -1.04. The Bertz CT molecular complexity index is 1580. The summed E-state index contributed by atoms with van der Waals surface area (Å²) in [7, 11) is 0. The molecule has 32 heavy (non-hydrogen) atoms. The number of fused-ring (bicyclic) bond motifs is 2. The summed E-state index contributed by atoms with van der Waals surface area (Å²) in [6, 6.07) is 6.16. The van der Waals surface area contributed by atoms with Crippen molar-refractivity contribution < 1.29 is 22.9 Å². The first kappa shape index (κ1) is 19.4. The first-order chi connectivity index (χ1) is 15.2. The quantitative estimate of drug-likeness (QED) is 0.389. The molecular formula is C19H12F3N8O2+. The van der Waals surface area contributed by atoms with E-state index in [0.29, 0.717) is 16.7 Å². The number of nitrogens with two attached hydrogens (primary N) is 1. The maximum atomic E-state index is 13.6. The van der Waals surface area contributed by atoms with Gasteiger partial charge < -0.3 is 10.7 Å². The fourth-order valence-corrected chi connectivity index (χ4v) is 3.42. The Labute approximate surface area is 175 Å². The number of imidazole rings is 2. The van der Waals surface area contributed by atoms with E-state index in [1.54, 1.807) is 12.4 Å². The van der Waals surface area contributed by atoms with Crippen molar-refractivity contribution >= 4 is 28.2 Å². The maximum Gasteiger partial charge on any atom is 0.418 e. The highest BCUT2D eigenvalue weighted by molar-refractivity contribution is 6.02. The van der Waals surface area contributed by atoms with E-state index in [9.17, 15) is 22.8 Å². The van der Waals surface area contributed by atoms with Crippen LogP contribution >= 0.6 is 0 Å². The number of carbonyl (C=O) groups excluding carboxylic acids is 1. The number of aromatic amines is 3. The summed E-state index contributed by atoms with van der Waals surface area (Å²) in [6.45, 7) is 0. The lowest BCUT2D eigenvalue weighted by Crippen LogP contribution is -2.19. The number of primary amides is 1. The first-order valence-corrected chi connectivity index (χ1v) is 9.08. The second-order valence-corrected chi connectivity index (χ2v) is 6.79. The van der Waals surface area contributed by atoms with Gasteiger partial charge >= 0.3 is 11.9 Å². The van der Waals surface area contributed by atoms with E-state index in [1.807, 2.05) is 0 Å². The molecule has 0 saturated heterocycles. The monoisotopic (exact) mass is 441 g/mol. The summed E-state index contributed by atoms with van der Waals surface area (Å²) >= 11 is 0. The second kappa shape index (κ2) is 6.73. The van der Waals surface area contributed by atoms with E-state index < -0.39 is 29.0 Å². The Morgan fingerprint density at radius 1 is 1.19 bits per heavy atom. The lowest BCUT2D eigenvalue weighted by Gasteiger charge is -2.13. The van der Waals surface area contributed by atoms with Crippen LogP contribution in [0.3, 0.4) is 0 Å². The molecule has 5 aromatic rings. The molecule has 0 aliphatic heterocycles. The normalized spacial score (nSPS) is 12.0. The Morgan fingerprint density at radius 3 is 2.72 bits per heavy atom. The highest BCUT2D eigenvalue weighted by Crippen LogP contribution is 2.34. The van der Waals surface area contributed by atoms with E-state index in [1.165, 1.54) is 18.3 Å². The minimum atomic E-state index is -4.74. The number of hydrogen-bond acceptors (Lipinski definition) is 5. The van der Waals surface area contributed by atoms with E-state index in [-0.39, 0.29) is 22.7 Å². The van der Waals surface area contributed by atoms with Crippen LogP contribution in [0.2, 0.25) is 0 Å². The summed E-state index contributed by atoms with van der Waals surface area (Å²) in [5, 5.41) is 0. The van der Waals surface area contributed by atoms with Crippen molar-refractivity contribution in [1.82, 2.24) is 29.5 Å². The Kier molecular flexibility index (Phi) is 4.08. The van der Waals surface area contributed by atoms with Gasteiger partial charge in [-0.3, -0.25) is 9.78 Å². The number of halogens is 3. The predicted octanol–water partition coefficient (Wildman–Crippen LogP) is 1.58. The molecule has 13 heteroatoms. The topological polar surface area (TPSA) is 149 Å². The molecule has 160 valence electrons. The van der Waals surface area contributed by atoms with Gasteiger partial charge in [0.2, 0.25) is 0 Å². The number of rotatable bonds is 3. The van der Waals surface area contributed by atoms with Gasteiger partial charge in [-0.15, -0.1) is 4.98 Å². The number of nitrogens with zero attached hydrogens (tertiary/aromatic N) is 4. The van der Waals surface area contributed by atoms with Crippen LogP contribution in [0.4, 0.5) is 13.2 Å². The molecule has 0 saturated carbocycles. The lowest BCUT2D eigenvalue weighted by molar-refractivity contribution is -0.347. The third-order valence-corrected chi connectivity index (χ3v) is 4.80. The zero-order valence-corrected chi connectivity index (χ0v) is 15.9. The van der Waals surface area contributed by atoms with Crippen molar-refractivity contribution in [3.05, 3.63) is 64.6 Å². The van der Waals surface area contributed by atoms with Gasteiger partial charge in [-0.2, -0.15) is 13.2 Å². The van der Waals surface area contributed by atoms with Gasteiger partial charge in [-0.1, -0.05) is 12.1 Å². The standard InChI is InChI=1S/C19H11F3N8O2/c20-19(21,22)9-3-1-2-4-11(9)30-17-13(28-18(30)32)12(14(23)31)27-15(29-17)8-5-10-16(24-6-8)26-7-25-10/h1-7H,(H2,23,31)(H,28,32)(H,24,25,26)/p+1. The van der Waals surface area contributed by atoms with Crippen LogP contribution in [-0.4, -0.2) is 35.4 Å². The van der Waals surface area contributed by atoms with Crippen LogP contribution < -0.4 is 16.4 Å². The molecular weight excluding hydrogens is 429 g/mol. The third-order valence-electron chi connectivity index (χ3n) is 4.80. The molecule has 1 amide bonds. The van der Waals surface area contributed by atoms with Crippen LogP contribution in [0, 0.1) is 0 Å². The van der Waals surface area contributed by atoms with Crippen molar-refractivity contribution in [2.75, 3.05) is 0 Å². The van der Waals surface area contributed by atoms with E-state index >= 15 is 0 Å². The Hall–Kier alpha value is -4.55. The lowest BCUT2D eigenvalue weighted by atomic mass is 10.1. The zero-order chi connectivity index (χ0) is 22.6. The summed E-state index contributed by atoms with van der Waals surface area (Å²) in [5.41, 5.74) is 3.74. The first-order valence-electron chi connectivity index (χ1n) is 9.08. The Balaban J connectivity index is 1.84. The van der Waals surface area contributed by atoms with Crippen molar-refractivity contribution in [1.29, 1.82) is 0 Å². The highest BCUT2D eigenvalue weighted by Gasteiger charge is 2.35. The van der Waals surface area contributed by atoms with Gasteiger partial charge in [-0.05, 0) is 18.2 Å². The highest BCUT2D eigenvalue weighted by atomic mass is 19.4. The van der Waals surface area contributed by atoms with Crippen molar-refractivity contribution in [2.45, 2.75) is 6.18 Å². The molecule has 0 bridgehead atoms. The molecule has 0 radical (unpaired) electrons. The molecule has 0 spiro atoms. The second-order valence-electron chi connectivity index (χ2n) is 6.79. The molecule has 0 fully saturated rings. The smallest absolute Gasteiger partial charge is 0.364 e. The summed E-state index contributed by atoms with van der Waals surface area (Å²) in [4.78, 5) is 45.5. The fourth-order valence-electron chi connectivity index (χ4n) is 3.42. The number of pyridine rings is 1. The van der Waals surface area contributed by atoms with Crippen molar-refractivity contribution in [3.8, 4) is 17.1 Å². The summed E-state index contributed by atoms with van der Waals surface area (Å²) < 4.78 is 41.5. The fraction of sp³-hybridized carbons (Fsp3) is 0.0526. The molecule has 0 unspecified atom stereocenters. The number of carbonyl (C=O) groups is 1. The van der Waals surface area contributed by atoms with E-state index in [0.717, 1.165) is 16.7 Å². The number of aromatic nitrogens is 7. The molecule has 0 atom stereocenters. The van der Waals surface area contributed by atoms with Crippen LogP contribution in [0.1, 0.15) is 16.1 Å². The molecule has 10 nitrogen and oxygen atoms in total. The SMILES string of the molecule is NC(=O)c1nc(-c2cnc3[nH+]c[nH]c3c2)nc2c1[nH]c(=O)n2-c1ccccc1C(F)(F)F. The molecule has 5 N–H and O–H groups in total. The van der Waals surface area contributed by atoms with Crippen molar-refractivity contribution in [3.63, 3.8) is 0 Å². The average molecular weight is 441 g/mol. The van der Waals surface area contributed by atoms with Gasteiger partial charge in [0.05, 0.1) is 16.8 Å². The van der Waals surface area contributed by atoms with Crippen LogP contribution in [-0.2, 0) is 6.18 Å². The Morgan fingerprint density at radius 2 is 1.97 bits per heavy atom. The number of nitrogens with one attached hydrogen (secondary N) is 3. The van der Waals surface area contributed by atoms with Crippen LogP contribution in [0.15, 0.2) is 47.7 Å². The number of amides is 1. The van der Waals surface area contributed by atoms with Gasteiger partial charge in [0.15, 0.2) is 29.0 Å². The van der Waals surface area contributed by atoms with Gasteiger partial charge in [0, 0.05) is 0 Å². The molecule has 0 aliphatic rings. The van der Waals surface area contributed by atoms with Gasteiger partial charge in [0.1, 0.15) is 11.7 Å². The molecule has 4 aromatic heterocycles. The number of para-hydroxylation sites is 1. The number of benzene rings is 1. The van der Waals surface area contributed by atoms with Crippen LogP contribution in [0.5, 0.6) is 0 Å². The molecule has 0 aliphatic carbocycles. The predicted molar refractivity (Wildman–Crippen MR) is 105 cm³/mol. The van der Waals surface area contributed by atoms with E-state index in [4.69, 9.17) is 5.73 Å². The number of hydrogen-bond donors (Lipinski definition) is 3. The average Bonchev–Trinajstić information content (AvgIpc) is 3.34. The minimum Gasteiger partial charge on any atom is -0.364 e. The molecule has 1 aromatic carbocycles. The van der Waals surface area contributed by atoms with E-state index in [2.05, 4.69) is 29.9 Å².